The molecule has 0 saturated heterocycles. The zero-order valence-electron chi connectivity index (χ0n) is 15.8. The summed E-state index contributed by atoms with van der Waals surface area (Å²) in [7, 11) is 0. The molecule has 1 aliphatic carbocycles. The molecule has 1 aromatic rings. The monoisotopic (exact) mass is 460 g/mol. The number of benzene rings is 1. The molecule has 1 aliphatic rings. The summed E-state index contributed by atoms with van der Waals surface area (Å²) in [5.41, 5.74) is 1.13. The highest BCUT2D eigenvalue weighted by Gasteiger charge is 2.22. The zero-order valence-corrected chi connectivity index (χ0v) is 18.1. The Kier molecular flexibility index (Phi) is 10.9. The lowest BCUT2D eigenvalue weighted by Crippen LogP contribution is -2.38. The van der Waals surface area contributed by atoms with E-state index in [1.165, 1.54) is 12.8 Å². The Labute approximate surface area is 169 Å². The second-order valence-electron chi connectivity index (χ2n) is 6.10. The van der Waals surface area contributed by atoms with Crippen LogP contribution in [0.15, 0.2) is 29.3 Å². The lowest BCUT2D eigenvalue weighted by atomic mass is 10.2. The summed E-state index contributed by atoms with van der Waals surface area (Å²) < 4.78 is 6.01. The summed E-state index contributed by atoms with van der Waals surface area (Å²) in [4.78, 5) is 7.07. The Morgan fingerprint density at radius 3 is 2.56 bits per heavy atom. The number of aliphatic imine (C=N–C) groups is 1. The third-order valence-corrected chi connectivity index (χ3v) is 4.20. The third kappa shape index (κ3) is 8.27. The normalized spacial score (nSPS) is 14.2. The highest BCUT2D eigenvalue weighted by atomic mass is 127. The van der Waals surface area contributed by atoms with E-state index in [1.54, 1.807) is 0 Å². The molecule has 5 nitrogen and oxygen atoms in total. The predicted molar refractivity (Wildman–Crippen MR) is 116 cm³/mol. The van der Waals surface area contributed by atoms with E-state index in [2.05, 4.69) is 42.4 Å². The zero-order chi connectivity index (χ0) is 17.2. The highest BCUT2D eigenvalue weighted by molar-refractivity contribution is 14.0. The van der Waals surface area contributed by atoms with Crippen molar-refractivity contribution >= 4 is 29.9 Å². The van der Waals surface area contributed by atoms with Gasteiger partial charge in [0.05, 0.1) is 6.54 Å². The van der Waals surface area contributed by atoms with Crippen LogP contribution in [0.5, 0.6) is 5.75 Å². The number of likely N-dealkylation sites (N-methyl/N-ethyl adjacent to an activating group) is 1. The van der Waals surface area contributed by atoms with Crippen molar-refractivity contribution in [2.24, 2.45) is 4.99 Å². The van der Waals surface area contributed by atoms with Gasteiger partial charge in [-0.05, 0) is 38.9 Å². The first-order valence-electron chi connectivity index (χ1n) is 9.24. The molecule has 1 fully saturated rings. The van der Waals surface area contributed by atoms with E-state index < -0.39 is 0 Å². The van der Waals surface area contributed by atoms with Gasteiger partial charge in [0.25, 0.3) is 0 Å². The first-order valence-corrected chi connectivity index (χ1v) is 9.24. The number of nitrogens with one attached hydrogen (secondary N) is 2. The van der Waals surface area contributed by atoms with Crippen molar-refractivity contribution in [3.63, 3.8) is 0 Å². The fourth-order valence-corrected chi connectivity index (χ4v) is 2.51. The molecule has 0 aliphatic heterocycles. The van der Waals surface area contributed by atoms with Gasteiger partial charge in [-0.1, -0.05) is 32.0 Å². The van der Waals surface area contributed by atoms with Crippen LogP contribution in [0.2, 0.25) is 0 Å². The lowest BCUT2D eigenvalue weighted by Gasteiger charge is -2.18. The van der Waals surface area contributed by atoms with Crippen molar-refractivity contribution in [2.45, 2.75) is 46.2 Å². The Morgan fingerprint density at radius 2 is 1.92 bits per heavy atom. The van der Waals surface area contributed by atoms with Gasteiger partial charge in [-0.2, -0.15) is 0 Å². The first kappa shape index (κ1) is 22.0. The maximum atomic E-state index is 6.01. The van der Waals surface area contributed by atoms with E-state index >= 15 is 0 Å². The van der Waals surface area contributed by atoms with E-state index in [0.717, 1.165) is 43.5 Å². The summed E-state index contributed by atoms with van der Waals surface area (Å²) in [6.45, 7) is 11.7. The lowest BCUT2D eigenvalue weighted by molar-refractivity contribution is 0.221. The molecule has 2 N–H and O–H groups in total. The van der Waals surface area contributed by atoms with Gasteiger partial charge >= 0.3 is 0 Å². The molecule has 0 heterocycles. The van der Waals surface area contributed by atoms with Gasteiger partial charge in [-0.25, -0.2) is 4.99 Å². The molecule has 0 radical (unpaired) electrons. The van der Waals surface area contributed by atoms with Gasteiger partial charge in [0.1, 0.15) is 12.4 Å². The average molecular weight is 460 g/mol. The molecule has 1 saturated carbocycles. The Morgan fingerprint density at radius 1 is 1.20 bits per heavy atom. The summed E-state index contributed by atoms with van der Waals surface area (Å²) in [5, 5.41) is 6.75. The number of nitrogens with zero attached hydrogens (tertiary/aromatic N) is 2. The number of rotatable bonds is 10. The van der Waals surface area contributed by atoms with Crippen molar-refractivity contribution in [3.05, 3.63) is 29.8 Å². The first-order chi connectivity index (χ1) is 11.8. The van der Waals surface area contributed by atoms with Gasteiger partial charge in [0.2, 0.25) is 0 Å². The Balaban J connectivity index is 0.00000312. The van der Waals surface area contributed by atoms with E-state index in [0.29, 0.717) is 19.2 Å². The average Bonchev–Trinajstić information content (AvgIpc) is 3.42. The number of para-hydroxylation sites is 1. The maximum absolute atomic E-state index is 6.01. The minimum atomic E-state index is 0. The molecule has 0 aromatic heterocycles. The number of hydrogen-bond acceptors (Lipinski definition) is 3. The quantitative estimate of drug-likeness (QED) is 0.320. The summed E-state index contributed by atoms with van der Waals surface area (Å²) in [5.74, 6) is 1.84. The van der Waals surface area contributed by atoms with Crippen LogP contribution in [0, 0.1) is 0 Å². The van der Waals surface area contributed by atoms with E-state index in [1.807, 2.05) is 18.2 Å². The summed E-state index contributed by atoms with van der Waals surface area (Å²) >= 11 is 0. The molecular formula is C19H33IN4O. The third-order valence-electron chi connectivity index (χ3n) is 4.20. The molecule has 6 heteroatoms. The largest absolute Gasteiger partial charge is 0.492 e. The molecular weight excluding hydrogens is 427 g/mol. The topological polar surface area (TPSA) is 48.9 Å². The standard InChI is InChI=1S/C19H32N4O.HI/c1-4-20-19(22-17-11-12-17)21-15-16-9-7-8-10-18(16)24-14-13-23(5-2)6-3;/h7-10,17H,4-6,11-15H2,1-3H3,(H2,20,21,22);1H. The van der Waals surface area contributed by atoms with Crippen molar-refractivity contribution in [1.29, 1.82) is 0 Å². The fraction of sp³-hybridized carbons (Fsp3) is 0.632. The van der Waals surface area contributed by atoms with Crippen LogP contribution in [-0.4, -0.2) is 49.7 Å². The number of halogens is 1. The number of guanidine groups is 1. The van der Waals surface area contributed by atoms with Crippen molar-refractivity contribution in [1.82, 2.24) is 15.5 Å². The van der Waals surface area contributed by atoms with Crippen LogP contribution in [-0.2, 0) is 6.54 Å². The highest BCUT2D eigenvalue weighted by Crippen LogP contribution is 2.20. The van der Waals surface area contributed by atoms with Gasteiger partial charge < -0.3 is 20.3 Å². The number of ether oxygens (including phenoxy) is 1. The second kappa shape index (κ2) is 12.4. The minimum absolute atomic E-state index is 0. The van der Waals surface area contributed by atoms with Crippen LogP contribution in [0.1, 0.15) is 39.2 Å². The Bertz CT molecular complexity index is 516. The van der Waals surface area contributed by atoms with Crippen LogP contribution in [0.3, 0.4) is 0 Å². The fourth-order valence-electron chi connectivity index (χ4n) is 2.51. The molecule has 0 bridgehead atoms. The molecule has 142 valence electrons. The van der Waals surface area contributed by atoms with E-state index in [9.17, 15) is 0 Å². The molecule has 0 atom stereocenters. The SMILES string of the molecule is CCNC(=NCc1ccccc1OCCN(CC)CC)NC1CC1.I. The molecule has 0 spiro atoms. The summed E-state index contributed by atoms with van der Waals surface area (Å²) in [6, 6.07) is 8.80. The second-order valence-corrected chi connectivity index (χ2v) is 6.10. The molecule has 0 unspecified atom stereocenters. The van der Waals surface area contributed by atoms with Gasteiger partial charge in [0, 0.05) is 24.7 Å². The van der Waals surface area contributed by atoms with Crippen LogP contribution >= 0.6 is 24.0 Å². The maximum Gasteiger partial charge on any atom is 0.191 e. The van der Waals surface area contributed by atoms with Crippen molar-refractivity contribution < 1.29 is 4.74 Å². The van der Waals surface area contributed by atoms with Gasteiger partial charge in [-0.15, -0.1) is 24.0 Å². The van der Waals surface area contributed by atoms with Crippen LogP contribution in [0.25, 0.3) is 0 Å². The summed E-state index contributed by atoms with van der Waals surface area (Å²) in [6.07, 6.45) is 2.49. The van der Waals surface area contributed by atoms with E-state index in [-0.39, 0.29) is 24.0 Å². The van der Waals surface area contributed by atoms with E-state index in [4.69, 9.17) is 9.73 Å². The van der Waals surface area contributed by atoms with Crippen LogP contribution < -0.4 is 15.4 Å². The van der Waals surface area contributed by atoms with Gasteiger partial charge in [0.15, 0.2) is 5.96 Å². The Hall–Kier alpha value is -1.02. The van der Waals surface area contributed by atoms with Gasteiger partial charge in [-0.3, -0.25) is 0 Å². The molecule has 25 heavy (non-hydrogen) atoms. The molecule has 0 amide bonds. The molecule has 2 rings (SSSR count). The number of hydrogen-bond donors (Lipinski definition) is 2. The van der Waals surface area contributed by atoms with Crippen molar-refractivity contribution in [2.75, 3.05) is 32.8 Å². The smallest absolute Gasteiger partial charge is 0.191 e. The molecule has 1 aromatic carbocycles. The van der Waals surface area contributed by atoms with Crippen molar-refractivity contribution in [3.8, 4) is 5.75 Å². The predicted octanol–water partition coefficient (Wildman–Crippen LogP) is 3.24. The van der Waals surface area contributed by atoms with Crippen LogP contribution in [0.4, 0.5) is 0 Å². The minimum Gasteiger partial charge on any atom is -0.492 e.